The van der Waals surface area contributed by atoms with Crippen molar-refractivity contribution in [3.05, 3.63) is 25.3 Å². The van der Waals surface area contributed by atoms with Crippen LogP contribution >= 0.6 is 0 Å². The maximum Gasteiger partial charge on any atom is 0.221 e. The van der Waals surface area contributed by atoms with Crippen molar-refractivity contribution in [3.8, 4) is 0 Å². The Balaban J connectivity index is 3.81. The fourth-order valence-corrected chi connectivity index (χ4v) is 1.28. The second kappa shape index (κ2) is 8.24. The number of rotatable bonds is 8. The highest BCUT2D eigenvalue weighted by atomic mass is 16.1. The van der Waals surface area contributed by atoms with E-state index in [-0.39, 0.29) is 11.9 Å². The number of amides is 1. The molecule has 1 N–H and O–H groups in total. The number of carbonyl (C=O) groups excluding carboxylic acids is 1. The fraction of sp³-hybridized carbons (Fsp3) is 0.583. The van der Waals surface area contributed by atoms with E-state index in [1.165, 1.54) is 0 Å². The number of hydrogen-bond acceptors (Lipinski definition) is 2. The van der Waals surface area contributed by atoms with E-state index < -0.39 is 0 Å². The van der Waals surface area contributed by atoms with Crippen molar-refractivity contribution in [2.45, 2.75) is 26.3 Å². The molecule has 0 spiro atoms. The molecule has 3 nitrogen and oxygen atoms in total. The minimum Gasteiger partial charge on any atom is -0.354 e. The van der Waals surface area contributed by atoms with Crippen LogP contribution in [-0.2, 0) is 4.79 Å². The lowest BCUT2D eigenvalue weighted by atomic mass is 10.3. The van der Waals surface area contributed by atoms with Gasteiger partial charge in [-0.2, -0.15) is 0 Å². The van der Waals surface area contributed by atoms with Crippen LogP contribution in [0.3, 0.4) is 0 Å². The molecule has 0 aliphatic heterocycles. The molecule has 0 aliphatic rings. The summed E-state index contributed by atoms with van der Waals surface area (Å²) in [6, 6.07) is 0.213. The standard InChI is InChI=1S/C12H22N2O/c1-5-8-14(9-6-2)10-7-12(15)13-11(3)4/h5-6,11H,1-2,7-10H2,3-4H3,(H,13,15). The second-order valence-corrected chi connectivity index (χ2v) is 3.81. The van der Waals surface area contributed by atoms with Crippen LogP contribution in [0.2, 0.25) is 0 Å². The molecule has 0 heterocycles. The van der Waals surface area contributed by atoms with Crippen LogP contribution in [0.4, 0.5) is 0 Å². The Morgan fingerprint density at radius 1 is 1.33 bits per heavy atom. The number of nitrogens with zero attached hydrogens (tertiary/aromatic N) is 1. The third-order valence-corrected chi connectivity index (χ3v) is 1.88. The molecule has 1 amide bonds. The van der Waals surface area contributed by atoms with Crippen molar-refractivity contribution >= 4 is 5.91 Å². The van der Waals surface area contributed by atoms with Crippen molar-refractivity contribution in [2.75, 3.05) is 19.6 Å². The van der Waals surface area contributed by atoms with Gasteiger partial charge in [-0.15, -0.1) is 13.2 Å². The Morgan fingerprint density at radius 2 is 1.87 bits per heavy atom. The largest absolute Gasteiger partial charge is 0.354 e. The fourth-order valence-electron chi connectivity index (χ4n) is 1.28. The van der Waals surface area contributed by atoms with Crippen LogP contribution in [0.1, 0.15) is 20.3 Å². The molecule has 0 aromatic rings. The highest BCUT2D eigenvalue weighted by Gasteiger charge is 2.06. The predicted molar refractivity (Wildman–Crippen MR) is 64.7 cm³/mol. The van der Waals surface area contributed by atoms with Crippen molar-refractivity contribution < 1.29 is 4.79 Å². The van der Waals surface area contributed by atoms with Crippen molar-refractivity contribution in [1.82, 2.24) is 10.2 Å². The summed E-state index contributed by atoms with van der Waals surface area (Å²) in [5.74, 6) is 0.100. The average molecular weight is 210 g/mol. The Morgan fingerprint density at radius 3 is 2.27 bits per heavy atom. The smallest absolute Gasteiger partial charge is 0.221 e. The first kappa shape index (κ1) is 13.9. The van der Waals surface area contributed by atoms with Gasteiger partial charge in [0.05, 0.1) is 0 Å². The van der Waals surface area contributed by atoms with Crippen LogP contribution in [0.15, 0.2) is 25.3 Å². The topological polar surface area (TPSA) is 32.3 Å². The SMILES string of the molecule is C=CCN(CC=C)CCC(=O)NC(C)C. The third kappa shape index (κ3) is 7.94. The summed E-state index contributed by atoms with van der Waals surface area (Å²) >= 11 is 0. The minimum atomic E-state index is 0.100. The summed E-state index contributed by atoms with van der Waals surface area (Å²) in [6.45, 7) is 13.6. The summed E-state index contributed by atoms with van der Waals surface area (Å²) < 4.78 is 0. The Labute approximate surface area is 92.8 Å². The Kier molecular flexibility index (Phi) is 7.64. The molecule has 0 bridgehead atoms. The van der Waals surface area contributed by atoms with E-state index in [1.807, 2.05) is 26.0 Å². The number of carbonyl (C=O) groups is 1. The molecule has 0 unspecified atom stereocenters. The van der Waals surface area contributed by atoms with Gasteiger partial charge in [0.25, 0.3) is 0 Å². The van der Waals surface area contributed by atoms with Gasteiger partial charge in [-0.1, -0.05) is 12.2 Å². The first-order valence-electron chi connectivity index (χ1n) is 5.33. The number of hydrogen-bond donors (Lipinski definition) is 1. The van der Waals surface area contributed by atoms with Crippen molar-refractivity contribution in [3.63, 3.8) is 0 Å². The van der Waals surface area contributed by atoms with Gasteiger partial charge in [0.1, 0.15) is 0 Å². The lowest BCUT2D eigenvalue weighted by molar-refractivity contribution is -0.121. The molecule has 0 aromatic heterocycles. The van der Waals surface area contributed by atoms with Crippen LogP contribution in [0.25, 0.3) is 0 Å². The van der Waals surface area contributed by atoms with Crippen molar-refractivity contribution in [1.29, 1.82) is 0 Å². The molecule has 0 saturated carbocycles. The van der Waals surface area contributed by atoms with Crippen LogP contribution in [0.5, 0.6) is 0 Å². The molecule has 0 aliphatic carbocycles. The summed E-state index contributed by atoms with van der Waals surface area (Å²) in [7, 11) is 0. The lowest BCUT2D eigenvalue weighted by Crippen LogP contribution is -2.34. The van der Waals surface area contributed by atoms with Crippen molar-refractivity contribution in [2.24, 2.45) is 0 Å². The van der Waals surface area contributed by atoms with Gasteiger partial charge in [-0.05, 0) is 13.8 Å². The maximum absolute atomic E-state index is 11.4. The average Bonchev–Trinajstić information content (AvgIpc) is 2.14. The normalized spacial score (nSPS) is 10.4. The monoisotopic (exact) mass is 210 g/mol. The molecular weight excluding hydrogens is 188 g/mol. The maximum atomic E-state index is 11.4. The van der Waals surface area contributed by atoms with E-state index >= 15 is 0 Å². The van der Waals surface area contributed by atoms with Gasteiger partial charge >= 0.3 is 0 Å². The predicted octanol–water partition coefficient (Wildman–Crippen LogP) is 1.58. The summed E-state index contributed by atoms with van der Waals surface area (Å²) in [4.78, 5) is 13.5. The molecule has 0 rings (SSSR count). The molecular formula is C12H22N2O. The lowest BCUT2D eigenvalue weighted by Gasteiger charge is -2.18. The van der Waals surface area contributed by atoms with E-state index in [4.69, 9.17) is 0 Å². The highest BCUT2D eigenvalue weighted by molar-refractivity contribution is 5.76. The molecule has 3 heteroatoms. The van der Waals surface area contributed by atoms with Gasteiger partial charge in [0.2, 0.25) is 5.91 Å². The van der Waals surface area contributed by atoms with Gasteiger partial charge in [0.15, 0.2) is 0 Å². The quantitative estimate of drug-likeness (QED) is 0.617. The second-order valence-electron chi connectivity index (χ2n) is 3.81. The molecule has 0 saturated heterocycles. The summed E-state index contributed by atoms with van der Waals surface area (Å²) in [6.07, 6.45) is 4.20. The van der Waals surface area contributed by atoms with Gasteiger partial charge < -0.3 is 5.32 Å². The highest BCUT2D eigenvalue weighted by Crippen LogP contribution is 1.93. The van der Waals surface area contributed by atoms with Gasteiger partial charge in [0, 0.05) is 32.1 Å². The summed E-state index contributed by atoms with van der Waals surface area (Å²) in [5.41, 5.74) is 0. The first-order valence-corrected chi connectivity index (χ1v) is 5.33. The zero-order valence-corrected chi connectivity index (χ0v) is 9.83. The Bertz CT molecular complexity index is 202. The van der Waals surface area contributed by atoms with E-state index in [0.29, 0.717) is 6.42 Å². The first-order chi connectivity index (χ1) is 7.10. The van der Waals surface area contributed by atoms with Crippen LogP contribution in [0, 0.1) is 0 Å². The van der Waals surface area contributed by atoms with Crippen LogP contribution < -0.4 is 5.32 Å². The van der Waals surface area contributed by atoms with E-state index in [9.17, 15) is 4.79 Å². The number of nitrogens with one attached hydrogen (secondary N) is 1. The van der Waals surface area contributed by atoms with E-state index in [1.54, 1.807) is 0 Å². The molecule has 15 heavy (non-hydrogen) atoms. The van der Waals surface area contributed by atoms with E-state index in [0.717, 1.165) is 19.6 Å². The van der Waals surface area contributed by atoms with E-state index in [2.05, 4.69) is 23.4 Å². The minimum absolute atomic E-state index is 0.100. The molecule has 0 aromatic carbocycles. The molecule has 0 radical (unpaired) electrons. The Hall–Kier alpha value is -1.09. The summed E-state index contributed by atoms with van der Waals surface area (Å²) in [5, 5.41) is 2.87. The molecule has 0 atom stereocenters. The zero-order chi connectivity index (χ0) is 11.7. The molecule has 0 fully saturated rings. The third-order valence-electron chi connectivity index (χ3n) is 1.88. The molecule has 86 valence electrons. The van der Waals surface area contributed by atoms with Crippen LogP contribution in [-0.4, -0.2) is 36.5 Å². The van der Waals surface area contributed by atoms with Gasteiger partial charge in [-0.25, -0.2) is 0 Å². The zero-order valence-electron chi connectivity index (χ0n) is 9.83. The van der Waals surface area contributed by atoms with Gasteiger partial charge in [-0.3, -0.25) is 9.69 Å².